The number of ether oxygens (including phenoxy) is 4. The van der Waals surface area contributed by atoms with Gasteiger partial charge in [0, 0.05) is 35.5 Å². The summed E-state index contributed by atoms with van der Waals surface area (Å²) in [6.45, 7) is 5.53. The van der Waals surface area contributed by atoms with Gasteiger partial charge in [-0.15, -0.1) is 23.7 Å². The van der Waals surface area contributed by atoms with E-state index in [1.165, 1.54) is 26.0 Å². The molecule has 1 aromatic heterocycles. The molecule has 0 unspecified atom stereocenters. The van der Waals surface area contributed by atoms with Gasteiger partial charge in [0.2, 0.25) is 0 Å². The number of esters is 2. The van der Waals surface area contributed by atoms with Crippen LogP contribution in [0.25, 0.3) is 0 Å². The first kappa shape index (κ1) is 39.6. The van der Waals surface area contributed by atoms with Crippen LogP contribution in [0.3, 0.4) is 0 Å². The lowest BCUT2D eigenvalue weighted by Crippen LogP contribution is -2.81. The summed E-state index contributed by atoms with van der Waals surface area (Å²) in [7, 11) is 0. The predicted molar refractivity (Wildman–Crippen MR) is 190 cm³/mol. The zero-order valence-corrected chi connectivity index (χ0v) is 31.1. The minimum absolute atomic E-state index is 0.0508. The smallest absolute Gasteiger partial charge is 0.407 e. The fraction of sp³-hybridized carbons (Fsp3) is 0.538. The Morgan fingerprint density at radius 3 is 2.41 bits per heavy atom. The highest BCUT2D eigenvalue weighted by atomic mass is 32.1. The Bertz CT molecular complexity index is 1860. The molecule has 2 bridgehead atoms. The Morgan fingerprint density at radius 2 is 1.80 bits per heavy atom. The molecule has 3 aliphatic carbocycles. The Kier molecular flexibility index (Phi) is 10.6. The molecule has 1 aliphatic heterocycles. The van der Waals surface area contributed by atoms with E-state index >= 15 is 0 Å². The summed E-state index contributed by atoms with van der Waals surface area (Å²) in [5, 5.41) is 64.5. The van der Waals surface area contributed by atoms with Crippen molar-refractivity contribution < 1.29 is 63.7 Å². The van der Waals surface area contributed by atoms with Crippen LogP contribution in [0.2, 0.25) is 0 Å². The fourth-order valence-corrected chi connectivity index (χ4v) is 9.67. The molecule has 2 saturated carbocycles. The van der Waals surface area contributed by atoms with Crippen molar-refractivity contribution in [2.24, 2.45) is 16.7 Å². The second-order valence-electron chi connectivity index (χ2n) is 15.2. The summed E-state index contributed by atoms with van der Waals surface area (Å²) < 4.78 is 22.8. The maximum absolute atomic E-state index is 14.6. The first-order valence-corrected chi connectivity index (χ1v) is 18.5. The number of thiophene rings is 1. The topological polar surface area (TPSA) is 218 Å². The average molecular weight is 768 g/mol. The number of nitrogens with one attached hydrogen (secondary N) is 1. The van der Waals surface area contributed by atoms with Crippen molar-refractivity contribution in [1.29, 1.82) is 0 Å². The van der Waals surface area contributed by atoms with E-state index in [1.807, 2.05) is 0 Å². The van der Waals surface area contributed by atoms with Gasteiger partial charge in [-0.3, -0.25) is 4.79 Å². The van der Waals surface area contributed by atoms with E-state index in [2.05, 4.69) is 11.2 Å². The summed E-state index contributed by atoms with van der Waals surface area (Å²) in [6.07, 6.45) is -5.95. The highest BCUT2D eigenvalue weighted by Gasteiger charge is 2.76. The number of hydrogen-bond acceptors (Lipinski definition) is 14. The number of aliphatic hydroxyl groups is 5. The number of carbonyl (C=O) groups is 4. The molecule has 54 heavy (non-hydrogen) atoms. The Morgan fingerprint density at radius 1 is 1.09 bits per heavy atom. The normalized spacial score (nSPS) is 35.0. The molecule has 3 fully saturated rings. The van der Waals surface area contributed by atoms with Gasteiger partial charge in [0.05, 0.1) is 29.8 Å². The number of rotatable bonds is 9. The number of ketones is 1. The summed E-state index contributed by atoms with van der Waals surface area (Å²) >= 11 is 1.14. The zero-order valence-electron chi connectivity index (χ0n) is 30.3. The molecule has 6 rings (SSSR count). The van der Waals surface area contributed by atoms with E-state index in [0.717, 1.165) is 11.3 Å². The first-order valence-electron chi connectivity index (χ1n) is 17.7. The van der Waals surface area contributed by atoms with Gasteiger partial charge in [0.15, 0.2) is 11.9 Å². The number of benzene rings is 1. The van der Waals surface area contributed by atoms with Crippen LogP contribution in [-0.4, -0.2) is 110 Å². The van der Waals surface area contributed by atoms with Gasteiger partial charge >= 0.3 is 18.0 Å². The third-order valence-electron chi connectivity index (χ3n) is 12.0. The Labute approximate surface area is 316 Å². The Balaban J connectivity index is 1.43. The van der Waals surface area contributed by atoms with Crippen molar-refractivity contribution in [1.82, 2.24) is 5.32 Å². The molecule has 15 heteroatoms. The van der Waals surface area contributed by atoms with Crippen LogP contribution in [0.5, 0.6) is 0 Å². The van der Waals surface area contributed by atoms with Crippen LogP contribution < -0.4 is 5.32 Å². The summed E-state index contributed by atoms with van der Waals surface area (Å²) in [5.41, 5.74) is -7.57. The van der Waals surface area contributed by atoms with Crippen LogP contribution >= 0.6 is 11.3 Å². The van der Waals surface area contributed by atoms with Gasteiger partial charge in [0.1, 0.15) is 42.2 Å². The molecule has 0 radical (unpaired) electrons. The number of alkyl carbamates (subject to hydrolysis) is 1. The maximum atomic E-state index is 14.6. The molecule has 6 N–H and O–H groups in total. The molecular formula is C39H45NO13S. The average Bonchev–Trinajstić information content (AvgIpc) is 3.67. The fourth-order valence-electron chi connectivity index (χ4n) is 8.87. The third-order valence-corrected chi connectivity index (χ3v) is 13.0. The van der Waals surface area contributed by atoms with Crippen molar-refractivity contribution in [3.05, 3.63) is 69.4 Å². The SMILES string of the molecule is C#CCCOC(=O)N[C@@H](c1cccs1)[C@@H](O)C(=O)O[C@H]1C[C@@]2(O)[C@@H](OC(=O)c3ccccc3)[C@@H]3[C@]4(O)CO[C@@H]4C[C@H](O)[C@@]3(C)C(=O)[C@H](O)C(=C1C)C2(C)C. The van der Waals surface area contributed by atoms with Gasteiger partial charge < -0.3 is 49.8 Å². The first-order chi connectivity index (χ1) is 25.4. The lowest BCUT2D eigenvalue weighted by Gasteiger charge is -2.66. The lowest BCUT2D eigenvalue weighted by molar-refractivity contribution is -0.343. The zero-order chi connectivity index (χ0) is 39.4. The van der Waals surface area contributed by atoms with Crippen LogP contribution in [-0.2, 0) is 28.5 Å². The maximum Gasteiger partial charge on any atom is 0.407 e. The number of fused-ring (bicyclic) bond motifs is 5. The molecule has 11 atom stereocenters. The van der Waals surface area contributed by atoms with Gasteiger partial charge in [-0.2, -0.15) is 0 Å². The van der Waals surface area contributed by atoms with Crippen molar-refractivity contribution >= 4 is 35.2 Å². The third kappa shape index (κ3) is 6.23. The number of Topliss-reactive ketones (excluding diaryl/α,β-unsaturated/α-hetero) is 1. The van der Waals surface area contributed by atoms with E-state index in [0.29, 0.717) is 4.88 Å². The van der Waals surface area contributed by atoms with E-state index in [-0.39, 0.29) is 42.8 Å². The molecule has 1 amide bonds. The monoisotopic (exact) mass is 767 g/mol. The standard InChI is InChI=1S/C39H45NO13S/c1-6-7-15-50-35(47)40-27(23-14-11-16-54-23)29(43)34(46)52-22-18-39(49)32(53-33(45)21-12-9-8-10-13-21)30-37(5,24(41)17-25-38(30,48)19-51-25)31(44)28(42)26(20(22)2)36(39,3)4/h1,8-14,16,22,24-25,27-30,32,41-43,48-49H,7,15,17-19H2,2-5H3,(H,40,47)/t22-,24-,25+,27-,28+,29+,30-,32-,37+,38-,39+/m0/s1. The molecule has 2 heterocycles. The summed E-state index contributed by atoms with van der Waals surface area (Å²) in [4.78, 5) is 55.4. The molecule has 1 saturated heterocycles. The minimum atomic E-state index is -2.31. The van der Waals surface area contributed by atoms with E-state index in [1.54, 1.807) is 49.6 Å². The predicted octanol–water partition coefficient (Wildman–Crippen LogP) is 1.98. The molecule has 14 nitrogen and oxygen atoms in total. The van der Waals surface area contributed by atoms with E-state index in [4.69, 9.17) is 25.4 Å². The van der Waals surface area contributed by atoms with Crippen LogP contribution in [0, 0.1) is 29.1 Å². The minimum Gasteiger partial charge on any atom is -0.456 e. The second kappa shape index (κ2) is 14.5. The van der Waals surface area contributed by atoms with Gasteiger partial charge in [-0.25, -0.2) is 14.4 Å². The van der Waals surface area contributed by atoms with Gasteiger partial charge in [-0.1, -0.05) is 38.1 Å². The van der Waals surface area contributed by atoms with E-state index < -0.39 is 101 Å². The Hall–Kier alpha value is -4.14. The summed E-state index contributed by atoms with van der Waals surface area (Å²) in [5.74, 6) is -2.23. The van der Waals surface area contributed by atoms with E-state index in [9.17, 15) is 44.7 Å². The molecular weight excluding hydrogens is 722 g/mol. The highest BCUT2D eigenvalue weighted by molar-refractivity contribution is 7.10. The van der Waals surface area contributed by atoms with Crippen LogP contribution in [0.15, 0.2) is 59.0 Å². The number of hydrogen-bond donors (Lipinski definition) is 6. The molecule has 4 aliphatic rings. The quantitative estimate of drug-likeness (QED) is 0.0708. The summed E-state index contributed by atoms with van der Waals surface area (Å²) in [6, 6.07) is 9.76. The lowest BCUT2D eigenvalue weighted by atomic mass is 9.44. The van der Waals surface area contributed by atoms with Gasteiger partial charge in [-0.05, 0) is 48.6 Å². The number of terminal acetylenes is 1. The second-order valence-corrected chi connectivity index (χ2v) is 16.2. The molecule has 1 aromatic carbocycles. The van der Waals surface area contributed by atoms with Crippen LogP contribution in [0.4, 0.5) is 4.79 Å². The molecule has 2 aromatic rings. The number of aliphatic hydroxyl groups excluding tert-OH is 3. The molecule has 290 valence electrons. The molecule has 0 spiro atoms. The van der Waals surface area contributed by atoms with Crippen molar-refractivity contribution in [3.8, 4) is 12.3 Å². The largest absolute Gasteiger partial charge is 0.456 e. The number of carbonyl (C=O) groups excluding carboxylic acids is 4. The highest BCUT2D eigenvalue weighted by Crippen LogP contribution is 2.63. The van der Waals surface area contributed by atoms with Crippen LogP contribution in [0.1, 0.15) is 68.2 Å². The van der Waals surface area contributed by atoms with Crippen molar-refractivity contribution in [2.75, 3.05) is 13.2 Å². The van der Waals surface area contributed by atoms with Crippen molar-refractivity contribution in [3.63, 3.8) is 0 Å². The number of amides is 1. The van der Waals surface area contributed by atoms with Gasteiger partial charge in [0.25, 0.3) is 0 Å². The van der Waals surface area contributed by atoms with Crippen molar-refractivity contribution in [2.45, 2.75) is 101 Å².